The van der Waals surface area contributed by atoms with Crippen LogP contribution in [0.2, 0.25) is 0 Å². The van der Waals surface area contributed by atoms with Crippen molar-refractivity contribution in [1.82, 2.24) is 0 Å². The monoisotopic (exact) mass is 300 g/mol. The van der Waals surface area contributed by atoms with E-state index in [1.54, 1.807) is 0 Å². The molecule has 21 heavy (non-hydrogen) atoms. The Labute approximate surface area is 125 Å². The summed E-state index contributed by atoms with van der Waals surface area (Å²) in [5.74, 6) is -1.90. The highest BCUT2D eigenvalue weighted by Gasteiger charge is 2.18. The van der Waals surface area contributed by atoms with Crippen LogP contribution in [-0.4, -0.2) is 48.1 Å². The largest absolute Gasteiger partial charge is 0.478 e. The van der Waals surface area contributed by atoms with Crippen molar-refractivity contribution in [2.75, 3.05) is 19.8 Å². The van der Waals surface area contributed by atoms with Crippen LogP contribution in [0.3, 0.4) is 0 Å². The average molecular weight is 300 g/mol. The molecule has 6 heteroatoms. The van der Waals surface area contributed by atoms with Gasteiger partial charge >= 0.3 is 11.9 Å². The molecule has 0 spiro atoms. The van der Waals surface area contributed by atoms with Gasteiger partial charge in [0.2, 0.25) is 0 Å². The second-order valence-corrected chi connectivity index (χ2v) is 4.61. The fourth-order valence-corrected chi connectivity index (χ4v) is 1.68. The second-order valence-electron chi connectivity index (χ2n) is 4.61. The molecule has 1 atom stereocenters. The molecule has 6 nitrogen and oxygen atoms in total. The minimum absolute atomic E-state index is 0.0959. The van der Waals surface area contributed by atoms with Crippen molar-refractivity contribution in [3.8, 4) is 0 Å². The number of aliphatic carboxylic acids is 2. The maximum atomic E-state index is 10.3. The highest BCUT2D eigenvalue weighted by atomic mass is 16.5. The van der Waals surface area contributed by atoms with Crippen molar-refractivity contribution in [2.24, 2.45) is 0 Å². The zero-order valence-corrected chi connectivity index (χ0v) is 12.3. The summed E-state index contributed by atoms with van der Waals surface area (Å²) >= 11 is 0. The van der Waals surface area contributed by atoms with Gasteiger partial charge in [0, 0.05) is 37.9 Å². The Balaban J connectivity index is 0.000000332. The van der Waals surface area contributed by atoms with E-state index in [9.17, 15) is 9.59 Å². The first-order valence-electron chi connectivity index (χ1n) is 6.93. The molecular formula is C15H24O6. The van der Waals surface area contributed by atoms with Gasteiger partial charge in [0.05, 0.1) is 6.10 Å². The zero-order valence-electron chi connectivity index (χ0n) is 12.3. The lowest BCUT2D eigenvalue weighted by atomic mass is 10.1. The maximum Gasteiger partial charge on any atom is 0.331 e. The molecule has 0 aromatic rings. The standard InChI is InChI=1S/C8H12O3.C4H8O.C3H4O2/c1-6(8(9)10)5-7-3-2-4-11-7;1-2-4-5-3-1;1-2-3(4)5/h7H,1-5H2,(H,9,10);1-4H2;2H,1H2,(H,4,5). The molecule has 2 rings (SSSR count). The normalized spacial score (nSPS) is 19.5. The average Bonchev–Trinajstić information content (AvgIpc) is 3.15. The van der Waals surface area contributed by atoms with Crippen molar-refractivity contribution < 1.29 is 29.3 Å². The molecule has 2 N–H and O–H groups in total. The summed E-state index contributed by atoms with van der Waals surface area (Å²) in [7, 11) is 0. The molecule has 120 valence electrons. The molecule has 2 heterocycles. The van der Waals surface area contributed by atoms with Crippen molar-refractivity contribution in [1.29, 1.82) is 0 Å². The molecular weight excluding hydrogens is 276 g/mol. The van der Waals surface area contributed by atoms with Gasteiger partial charge in [-0.3, -0.25) is 0 Å². The van der Waals surface area contributed by atoms with E-state index in [1.165, 1.54) is 12.8 Å². The van der Waals surface area contributed by atoms with Gasteiger partial charge in [0.1, 0.15) is 0 Å². The Kier molecular flexibility index (Phi) is 11.2. The SMILES string of the molecule is C1CCOC1.C=C(CC1CCCO1)C(=O)O.C=CC(=O)O. The number of carboxylic acids is 2. The molecule has 0 aromatic carbocycles. The van der Waals surface area contributed by atoms with Gasteiger partial charge in [-0.15, -0.1) is 0 Å². The van der Waals surface area contributed by atoms with Gasteiger partial charge in [-0.05, 0) is 25.7 Å². The fraction of sp³-hybridized carbons (Fsp3) is 0.600. The lowest BCUT2D eigenvalue weighted by Gasteiger charge is -2.07. The molecule has 2 aliphatic heterocycles. The molecule has 0 bridgehead atoms. The summed E-state index contributed by atoms with van der Waals surface area (Å²) < 4.78 is 10.2. The van der Waals surface area contributed by atoms with Gasteiger partial charge in [0.15, 0.2) is 0 Å². The predicted molar refractivity (Wildman–Crippen MR) is 78.3 cm³/mol. The van der Waals surface area contributed by atoms with Gasteiger partial charge in [-0.25, -0.2) is 9.59 Å². The molecule has 1 unspecified atom stereocenters. The van der Waals surface area contributed by atoms with Crippen LogP contribution in [-0.2, 0) is 19.1 Å². The molecule has 2 saturated heterocycles. The molecule has 0 aliphatic carbocycles. The van der Waals surface area contributed by atoms with E-state index in [-0.39, 0.29) is 11.7 Å². The molecule has 2 aliphatic rings. The quantitative estimate of drug-likeness (QED) is 0.773. The van der Waals surface area contributed by atoms with Crippen molar-refractivity contribution in [3.63, 3.8) is 0 Å². The Morgan fingerprint density at radius 3 is 2.00 bits per heavy atom. The highest BCUT2D eigenvalue weighted by molar-refractivity contribution is 5.85. The van der Waals surface area contributed by atoms with Crippen LogP contribution < -0.4 is 0 Å². The zero-order chi connectivity index (χ0) is 16.1. The molecule has 0 saturated carbocycles. The Morgan fingerprint density at radius 1 is 1.14 bits per heavy atom. The third-order valence-corrected chi connectivity index (χ3v) is 2.80. The summed E-state index contributed by atoms with van der Waals surface area (Å²) in [6, 6.07) is 0. The third kappa shape index (κ3) is 11.8. The molecule has 0 amide bonds. The van der Waals surface area contributed by atoms with E-state index in [2.05, 4.69) is 13.2 Å². The first-order chi connectivity index (χ1) is 9.97. The minimum atomic E-state index is -0.981. The summed E-state index contributed by atoms with van der Waals surface area (Å²) in [5, 5.41) is 16.1. The first kappa shape index (κ1) is 19.3. The van der Waals surface area contributed by atoms with Crippen LogP contribution >= 0.6 is 0 Å². The smallest absolute Gasteiger partial charge is 0.331 e. The topological polar surface area (TPSA) is 93.1 Å². The lowest BCUT2D eigenvalue weighted by Crippen LogP contribution is -2.10. The van der Waals surface area contributed by atoms with Crippen LogP contribution in [0.25, 0.3) is 0 Å². The van der Waals surface area contributed by atoms with E-state index < -0.39 is 11.9 Å². The third-order valence-electron chi connectivity index (χ3n) is 2.80. The fourth-order valence-electron chi connectivity index (χ4n) is 1.68. The number of ether oxygens (including phenoxy) is 2. The first-order valence-corrected chi connectivity index (χ1v) is 6.93. The molecule has 0 aromatic heterocycles. The van der Waals surface area contributed by atoms with Crippen LogP contribution in [0, 0.1) is 0 Å². The van der Waals surface area contributed by atoms with Crippen LogP contribution in [0.5, 0.6) is 0 Å². The predicted octanol–water partition coefficient (Wildman–Crippen LogP) is 2.25. The van der Waals surface area contributed by atoms with Gasteiger partial charge in [0.25, 0.3) is 0 Å². The second kappa shape index (κ2) is 12.1. The van der Waals surface area contributed by atoms with E-state index in [4.69, 9.17) is 19.7 Å². The summed E-state index contributed by atoms with van der Waals surface area (Å²) in [6.45, 7) is 9.16. The highest BCUT2D eigenvalue weighted by Crippen LogP contribution is 2.18. The van der Waals surface area contributed by atoms with Crippen molar-refractivity contribution in [2.45, 2.75) is 38.2 Å². The summed E-state index contributed by atoms with van der Waals surface area (Å²) in [4.78, 5) is 19.6. The number of hydrogen-bond acceptors (Lipinski definition) is 4. The minimum Gasteiger partial charge on any atom is -0.478 e. The Morgan fingerprint density at radius 2 is 1.71 bits per heavy atom. The Bertz CT molecular complexity index is 332. The lowest BCUT2D eigenvalue weighted by molar-refractivity contribution is -0.133. The molecule has 2 fully saturated rings. The van der Waals surface area contributed by atoms with E-state index in [0.717, 1.165) is 38.7 Å². The van der Waals surface area contributed by atoms with Crippen LogP contribution in [0.4, 0.5) is 0 Å². The number of carboxylic acid groups (broad SMARTS) is 2. The number of hydrogen-bond donors (Lipinski definition) is 2. The molecule has 0 radical (unpaired) electrons. The van der Waals surface area contributed by atoms with Crippen LogP contribution in [0.15, 0.2) is 24.8 Å². The van der Waals surface area contributed by atoms with Crippen LogP contribution in [0.1, 0.15) is 32.1 Å². The van der Waals surface area contributed by atoms with E-state index in [1.807, 2.05) is 0 Å². The van der Waals surface area contributed by atoms with Gasteiger partial charge < -0.3 is 19.7 Å². The van der Waals surface area contributed by atoms with E-state index >= 15 is 0 Å². The van der Waals surface area contributed by atoms with Crippen molar-refractivity contribution in [3.05, 3.63) is 24.8 Å². The van der Waals surface area contributed by atoms with E-state index in [0.29, 0.717) is 6.42 Å². The maximum absolute atomic E-state index is 10.3. The van der Waals surface area contributed by atoms with Gasteiger partial charge in [-0.2, -0.15) is 0 Å². The number of rotatable bonds is 4. The Hall–Kier alpha value is -1.66. The van der Waals surface area contributed by atoms with Gasteiger partial charge in [-0.1, -0.05) is 13.2 Å². The number of carbonyl (C=O) groups is 2. The summed E-state index contributed by atoms with van der Waals surface area (Å²) in [5.41, 5.74) is 0.247. The summed E-state index contributed by atoms with van der Waals surface area (Å²) in [6.07, 6.45) is 5.96. The van der Waals surface area contributed by atoms with Crippen molar-refractivity contribution >= 4 is 11.9 Å².